The molecular weight excluding hydrogens is 286 g/mol. The summed E-state index contributed by atoms with van der Waals surface area (Å²) < 4.78 is 5.91. The number of nitrogens with two attached hydrogens (primary N) is 1. The van der Waals surface area contributed by atoms with Gasteiger partial charge in [0.25, 0.3) is 5.91 Å². The smallest absolute Gasteiger partial charge is 0.265 e. The molecule has 5 nitrogen and oxygen atoms in total. The van der Waals surface area contributed by atoms with Crippen LogP contribution in [0.15, 0.2) is 0 Å². The van der Waals surface area contributed by atoms with Crippen molar-refractivity contribution in [1.29, 1.82) is 0 Å². The van der Waals surface area contributed by atoms with E-state index >= 15 is 0 Å². The Morgan fingerprint density at radius 2 is 2.14 bits per heavy atom. The zero-order valence-corrected chi connectivity index (χ0v) is 14.3. The second-order valence-electron chi connectivity index (χ2n) is 6.19. The maximum atomic E-state index is 12.3. The van der Waals surface area contributed by atoms with Gasteiger partial charge in [-0.15, -0.1) is 11.3 Å². The van der Waals surface area contributed by atoms with E-state index in [0.29, 0.717) is 22.2 Å². The molecule has 118 valence electrons. The Balaban J connectivity index is 2.42. The standard InChI is InChI=1S/C15H25N3O2S/c1-9(2)20-12-11(16)13(14(19)17(4)5)21-15(12)18-7-6-10(3)8-18/h9-10H,6-8,16H2,1-5H3. The number of hydrogen-bond donors (Lipinski definition) is 1. The van der Waals surface area contributed by atoms with Crippen molar-refractivity contribution < 1.29 is 9.53 Å². The molecule has 2 rings (SSSR count). The third-order valence-corrected chi connectivity index (χ3v) is 4.78. The van der Waals surface area contributed by atoms with E-state index in [9.17, 15) is 4.79 Å². The van der Waals surface area contributed by atoms with Gasteiger partial charge in [0.1, 0.15) is 15.6 Å². The van der Waals surface area contributed by atoms with Gasteiger partial charge in [0.05, 0.1) is 6.10 Å². The van der Waals surface area contributed by atoms with Crippen molar-refractivity contribution in [3.8, 4) is 5.75 Å². The van der Waals surface area contributed by atoms with Crippen molar-refractivity contribution in [2.75, 3.05) is 37.8 Å². The van der Waals surface area contributed by atoms with Gasteiger partial charge >= 0.3 is 0 Å². The van der Waals surface area contributed by atoms with Gasteiger partial charge in [0, 0.05) is 27.2 Å². The summed E-state index contributed by atoms with van der Waals surface area (Å²) in [5.74, 6) is 1.27. The first kappa shape index (κ1) is 15.9. The van der Waals surface area contributed by atoms with Crippen molar-refractivity contribution in [3.05, 3.63) is 4.88 Å². The normalized spacial score (nSPS) is 18.4. The fraction of sp³-hybridized carbons (Fsp3) is 0.667. The third kappa shape index (κ3) is 3.26. The molecule has 0 aliphatic carbocycles. The van der Waals surface area contributed by atoms with Gasteiger partial charge in [0.15, 0.2) is 5.75 Å². The first-order chi connectivity index (χ1) is 9.81. The third-order valence-electron chi connectivity index (χ3n) is 3.55. The molecule has 1 fully saturated rings. The summed E-state index contributed by atoms with van der Waals surface area (Å²) in [6, 6.07) is 0. The Morgan fingerprint density at radius 1 is 1.48 bits per heavy atom. The van der Waals surface area contributed by atoms with Gasteiger partial charge in [-0.1, -0.05) is 6.92 Å². The lowest BCUT2D eigenvalue weighted by Gasteiger charge is -2.19. The SMILES string of the molecule is CC1CCN(c2sc(C(=O)N(C)C)c(N)c2OC(C)C)C1. The van der Waals surface area contributed by atoms with Crippen LogP contribution in [0, 0.1) is 5.92 Å². The molecule has 2 N–H and O–H groups in total. The molecule has 2 heterocycles. The second-order valence-corrected chi connectivity index (χ2v) is 7.18. The fourth-order valence-electron chi connectivity index (χ4n) is 2.46. The van der Waals surface area contributed by atoms with Crippen LogP contribution in [0.2, 0.25) is 0 Å². The highest BCUT2D eigenvalue weighted by molar-refractivity contribution is 7.19. The summed E-state index contributed by atoms with van der Waals surface area (Å²) in [4.78, 5) is 16.7. The van der Waals surface area contributed by atoms with Gasteiger partial charge in [0.2, 0.25) is 0 Å². The molecule has 1 aromatic rings. The minimum absolute atomic E-state index is 0.0305. The number of hydrogen-bond acceptors (Lipinski definition) is 5. The second kappa shape index (κ2) is 6.13. The number of anilines is 2. The minimum atomic E-state index is -0.0652. The van der Waals surface area contributed by atoms with Crippen LogP contribution in [-0.4, -0.2) is 44.1 Å². The van der Waals surface area contributed by atoms with Crippen LogP contribution in [0.5, 0.6) is 5.75 Å². The summed E-state index contributed by atoms with van der Waals surface area (Å²) in [5.41, 5.74) is 6.68. The fourth-order valence-corrected chi connectivity index (χ4v) is 3.67. The molecule has 1 saturated heterocycles. The van der Waals surface area contributed by atoms with Crippen LogP contribution in [0.4, 0.5) is 10.7 Å². The summed E-state index contributed by atoms with van der Waals surface area (Å²) in [6.45, 7) is 8.17. The lowest BCUT2D eigenvalue weighted by Crippen LogP contribution is -2.21. The van der Waals surface area contributed by atoms with E-state index < -0.39 is 0 Å². The highest BCUT2D eigenvalue weighted by Crippen LogP contribution is 2.47. The molecule has 0 bridgehead atoms. The Bertz CT molecular complexity index is 525. The van der Waals surface area contributed by atoms with E-state index in [1.54, 1.807) is 19.0 Å². The van der Waals surface area contributed by atoms with Crippen molar-refractivity contribution in [2.45, 2.75) is 33.3 Å². The van der Waals surface area contributed by atoms with E-state index in [1.807, 2.05) is 13.8 Å². The number of rotatable bonds is 4. The van der Waals surface area contributed by atoms with Crippen molar-refractivity contribution >= 4 is 27.9 Å². The molecule has 6 heteroatoms. The predicted octanol–water partition coefficient (Wildman–Crippen LogP) is 2.67. The lowest BCUT2D eigenvalue weighted by molar-refractivity contribution is 0.0832. The monoisotopic (exact) mass is 311 g/mol. The first-order valence-corrected chi connectivity index (χ1v) is 8.18. The maximum absolute atomic E-state index is 12.3. The zero-order chi connectivity index (χ0) is 15.7. The van der Waals surface area contributed by atoms with Gasteiger partial charge in [-0.3, -0.25) is 4.79 Å². The van der Waals surface area contributed by atoms with Gasteiger partial charge in [-0.05, 0) is 26.2 Å². The van der Waals surface area contributed by atoms with E-state index in [1.165, 1.54) is 11.3 Å². The molecule has 1 aliphatic heterocycles. The minimum Gasteiger partial charge on any atom is -0.486 e. The van der Waals surface area contributed by atoms with Crippen LogP contribution in [0.25, 0.3) is 0 Å². The molecule has 0 radical (unpaired) electrons. The highest BCUT2D eigenvalue weighted by atomic mass is 32.1. The van der Waals surface area contributed by atoms with Crippen LogP contribution in [0.3, 0.4) is 0 Å². The molecule has 1 amide bonds. The van der Waals surface area contributed by atoms with E-state index in [-0.39, 0.29) is 12.0 Å². The highest BCUT2D eigenvalue weighted by Gasteiger charge is 2.29. The van der Waals surface area contributed by atoms with Gasteiger partial charge in [-0.25, -0.2) is 0 Å². The molecule has 1 unspecified atom stereocenters. The quantitative estimate of drug-likeness (QED) is 0.929. The molecule has 1 aromatic heterocycles. The lowest BCUT2D eigenvalue weighted by atomic mass is 10.2. The van der Waals surface area contributed by atoms with Crippen molar-refractivity contribution in [3.63, 3.8) is 0 Å². The number of carbonyl (C=O) groups is 1. The number of amides is 1. The zero-order valence-electron chi connectivity index (χ0n) is 13.5. The predicted molar refractivity (Wildman–Crippen MR) is 88.5 cm³/mol. The molecule has 0 saturated carbocycles. The topological polar surface area (TPSA) is 58.8 Å². The Hall–Kier alpha value is -1.43. The van der Waals surface area contributed by atoms with E-state index in [2.05, 4.69) is 11.8 Å². The Labute approximate surface area is 130 Å². The summed E-state index contributed by atoms with van der Waals surface area (Å²) in [5, 5.41) is 0.996. The van der Waals surface area contributed by atoms with E-state index in [4.69, 9.17) is 10.5 Å². The average molecular weight is 311 g/mol. The van der Waals surface area contributed by atoms with Crippen molar-refractivity contribution in [1.82, 2.24) is 4.90 Å². The van der Waals surface area contributed by atoms with Crippen molar-refractivity contribution in [2.24, 2.45) is 5.92 Å². The molecule has 21 heavy (non-hydrogen) atoms. The average Bonchev–Trinajstić information content (AvgIpc) is 2.94. The van der Waals surface area contributed by atoms with Crippen LogP contribution >= 0.6 is 11.3 Å². The van der Waals surface area contributed by atoms with Gasteiger partial charge in [-0.2, -0.15) is 0 Å². The number of thiophene rings is 1. The summed E-state index contributed by atoms with van der Waals surface area (Å²) >= 11 is 1.45. The van der Waals surface area contributed by atoms with E-state index in [0.717, 1.165) is 24.5 Å². The van der Waals surface area contributed by atoms with Gasteiger partial charge < -0.3 is 20.3 Å². The maximum Gasteiger partial charge on any atom is 0.265 e. The number of nitrogen functional groups attached to an aromatic ring is 1. The molecule has 0 aromatic carbocycles. The number of nitrogens with zero attached hydrogens (tertiary/aromatic N) is 2. The Kier molecular flexibility index (Phi) is 4.66. The molecule has 1 aliphatic rings. The number of ether oxygens (including phenoxy) is 1. The first-order valence-electron chi connectivity index (χ1n) is 7.36. The van der Waals surface area contributed by atoms with Crippen LogP contribution in [-0.2, 0) is 0 Å². The molecular formula is C15H25N3O2S. The van der Waals surface area contributed by atoms with Crippen LogP contribution < -0.4 is 15.4 Å². The van der Waals surface area contributed by atoms with Crippen LogP contribution in [0.1, 0.15) is 36.9 Å². The Morgan fingerprint density at radius 3 is 2.62 bits per heavy atom. The summed E-state index contributed by atoms with van der Waals surface area (Å²) in [7, 11) is 3.48. The number of carbonyl (C=O) groups excluding carboxylic acids is 1. The summed E-state index contributed by atoms with van der Waals surface area (Å²) in [6.07, 6.45) is 1.19. The largest absolute Gasteiger partial charge is 0.486 e. The molecule has 1 atom stereocenters. The molecule has 0 spiro atoms.